The highest BCUT2D eigenvalue weighted by Crippen LogP contribution is 2.16. The quantitative estimate of drug-likeness (QED) is 0.661. The van der Waals surface area contributed by atoms with E-state index >= 15 is 0 Å². The second-order valence-corrected chi connectivity index (χ2v) is 3.79. The van der Waals surface area contributed by atoms with Crippen LogP contribution in [0.25, 0.3) is 0 Å². The largest absolute Gasteiger partial charge is 0.481 e. The molecule has 72 valence electrons. The maximum atomic E-state index is 10.5. The van der Waals surface area contributed by atoms with Crippen LogP contribution in [0.5, 0.6) is 0 Å². The van der Waals surface area contributed by atoms with Gasteiger partial charge in [0.05, 0.1) is 5.92 Å². The molecule has 3 atom stereocenters. The van der Waals surface area contributed by atoms with Crippen LogP contribution in [0, 0.1) is 11.8 Å². The minimum atomic E-state index is -0.716. The standard InChI is InChI=1S/C9H19NO2/c1-6(5-8(3)10)4-7(2)9(11)12/h6-8H,4-5,10H2,1-3H3,(H,11,12). The molecule has 12 heavy (non-hydrogen) atoms. The Kier molecular flexibility index (Phi) is 4.90. The van der Waals surface area contributed by atoms with E-state index in [4.69, 9.17) is 10.8 Å². The van der Waals surface area contributed by atoms with E-state index in [1.165, 1.54) is 0 Å². The number of carboxylic acid groups (broad SMARTS) is 1. The molecule has 0 aliphatic carbocycles. The Bertz CT molecular complexity index is 145. The van der Waals surface area contributed by atoms with Gasteiger partial charge in [0.2, 0.25) is 0 Å². The summed E-state index contributed by atoms with van der Waals surface area (Å²) >= 11 is 0. The molecule has 0 aromatic carbocycles. The van der Waals surface area contributed by atoms with Gasteiger partial charge in [-0.1, -0.05) is 13.8 Å². The fourth-order valence-electron chi connectivity index (χ4n) is 1.44. The fourth-order valence-corrected chi connectivity index (χ4v) is 1.44. The van der Waals surface area contributed by atoms with Crippen molar-refractivity contribution in [1.29, 1.82) is 0 Å². The molecule has 0 saturated heterocycles. The van der Waals surface area contributed by atoms with Crippen molar-refractivity contribution in [2.75, 3.05) is 0 Å². The summed E-state index contributed by atoms with van der Waals surface area (Å²) < 4.78 is 0. The van der Waals surface area contributed by atoms with Gasteiger partial charge in [-0.25, -0.2) is 0 Å². The molecule has 0 aromatic heterocycles. The van der Waals surface area contributed by atoms with Crippen molar-refractivity contribution < 1.29 is 9.90 Å². The molecule has 3 nitrogen and oxygen atoms in total. The molecule has 0 aliphatic rings. The van der Waals surface area contributed by atoms with Gasteiger partial charge in [0.1, 0.15) is 0 Å². The van der Waals surface area contributed by atoms with E-state index in [0.717, 1.165) is 12.8 Å². The summed E-state index contributed by atoms with van der Waals surface area (Å²) in [5, 5.41) is 8.63. The smallest absolute Gasteiger partial charge is 0.306 e. The highest BCUT2D eigenvalue weighted by atomic mass is 16.4. The van der Waals surface area contributed by atoms with E-state index in [2.05, 4.69) is 0 Å². The van der Waals surface area contributed by atoms with E-state index in [-0.39, 0.29) is 12.0 Å². The lowest BCUT2D eigenvalue weighted by molar-refractivity contribution is -0.141. The summed E-state index contributed by atoms with van der Waals surface area (Å²) in [6.45, 7) is 5.73. The number of carboxylic acids is 1. The van der Waals surface area contributed by atoms with Gasteiger partial charge < -0.3 is 10.8 Å². The number of carbonyl (C=O) groups is 1. The van der Waals surface area contributed by atoms with E-state index in [0.29, 0.717) is 5.92 Å². The van der Waals surface area contributed by atoms with Gasteiger partial charge in [-0.2, -0.15) is 0 Å². The van der Waals surface area contributed by atoms with Crippen LogP contribution in [0.1, 0.15) is 33.6 Å². The van der Waals surface area contributed by atoms with Crippen LogP contribution in [0.15, 0.2) is 0 Å². The Morgan fingerprint density at radius 1 is 1.33 bits per heavy atom. The van der Waals surface area contributed by atoms with Crippen LogP contribution in [0.3, 0.4) is 0 Å². The van der Waals surface area contributed by atoms with Crippen molar-refractivity contribution in [3.63, 3.8) is 0 Å². The summed E-state index contributed by atoms with van der Waals surface area (Å²) in [5.74, 6) is -0.568. The number of rotatable bonds is 5. The number of hydrogen-bond donors (Lipinski definition) is 2. The zero-order chi connectivity index (χ0) is 9.72. The molecule has 3 unspecified atom stereocenters. The van der Waals surface area contributed by atoms with Crippen LogP contribution < -0.4 is 5.73 Å². The molecular weight excluding hydrogens is 154 g/mol. The minimum absolute atomic E-state index is 0.168. The SMILES string of the molecule is CC(N)CC(C)CC(C)C(=O)O. The molecule has 0 aliphatic heterocycles. The van der Waals surface area contributed by atoms with Crippen LogP contribution >= 0.6 is 0 Å². The van der Waals surface area contributed by atoms with Crippen molar-refractivity contribution in [3.8, 4) is 0 Å². The monoisotopic (exact) mass is 173 g/mol. The lowest BCUT2D eigenvalue weighted by Crippen LogP contribution is -2.21. The van der Waals surface area contributed by atoms with E-state index in [1.54, 1.807) is 6.92 Å². The molecule has 0 bridgehead atoms. The van der Waals surface area contributed by atoms with Crippen molar-refractivity contribution in [1.82, 2.24) is 0 Å². The summed E-state index contributed by atoms with van der Waals surface area (Å²) in [5.41, 5.74) is 5.60. The van der Waals surface area contributed by atoms with E-state index in [9.17, 15) is 4.79 Å². The third-order valence-electron chi connectivity index (χ3n) is 1.95. The van der Waals surface area contributed by atoms with E-state index in [1.807, 2.05) is 13.8 Å². The Labute approximate surface area is 74.0 Å². The first kappa shape index (κ1) is 11.4. The van der Waals surface area contributed by atoms with Gasteiger partial charge in [0.25, 0.3) is 0 Å². The molecule has 0 fully saturated rings. The fraction of sp³-hybridized carbons (Fsp3) is 0.889. The Balaban J connectivity index is 3.68. The van der Waals surface area contributed by atoms with Crippen LogP contribution in [0.4, 0.5) is 0 Å². The van der Waals surface area contributed by atoms with Gasteiger partial charge in [-0.3, -0.25) is 4.79 Å². The molecule has 0 aromatic rings. The molecule has 0 heterocycles. The van der Waals surface area contributed by atoms with Crippen molar-refractivity contribution >= 4 is 5.97 Å². The van der Waals surface area contributed by atoms with Crippen LogP contribution in [-0.2, 0) is 4.79 Å². The maximum absolute atomic E-state index is 10.5. The van der Waals surface area contributed by atoms with Gasteiger partial charge in [0, 0.05) is 6.04 Å². The lowest BCUT2D eigenvalue weighted by atomic mass is 9.92. The summed E-state index contributed by atoms with van der Waals surface area (Å²) in [4.78, 5) is 10.5. The first-order chi connectivity index (χ1) is 5.43. The molecule has 3 N–H and O–H groups in total. The zero-order valence-electron chi connectivity index (χ0n) is 8.08. The predicted octanol–water partition coefficient (Wildman–Crippen LogP) is 1.47. The second kappa shape index (κ2) is 5.14. The third-order valence-corrected chi connectivity index (χ3v) is 1.95. The summed E-state index contributed by atoms with van der Waals surface area (Å²) in [6.07, 6.45) is 1.62. The predicted molar refractivity (Wildman–Crippen MR) is 48.8 cm³/mol. The van der Waals surface area contributed by atoms with Crippen molar-refractivity contribution in [3.05, 3.63) is 0 Å². The number of aliphatic carboxylic acids is 1. The number of nitrogens with two attached hydrogens (primary N) is 1. The molecule has 0 rings (SSSR count). The molecule has 3 heteroatoms. The average molecular weight is 173 g/mol. The second-order valence-electron chi connectivity index (χ2n) is 3.79. The highest BCUT2D eigenvalue weighted by Gasteiger charge is 2.15. The Hall–Kier alpha value is -0.570. The topological polar surface area (TPSA) is 63.3 Å². The van der Waals surface area contributed by atoms with Crippen molar-refractivity contribution in [2.24, 2.45) is 17.6 Å². The zero-order valence-corrected chi connectivity index (χ0v) is 8.08. The Morgan fingerprint density at radius 3 is 2.17 bits per heavy atom. The van der Waals surface area contributed by atoms with Gasteiger partial charge in [-0.15, -0.1) is 0 Å². The molecule has 0 saturated carbocycles. The first-order valence-electron chi connectivity index (χ1n) is 4.41. The normalized spacial score (nSPS) is 18.3. The number of hydrogen-bond acceptors (Lipinski definition) is 2. The third kappa shape index (κ3) is 5.13. The van der Waals surface area contributed by atoms with Gasteiger partial charge in [-0.05, 0) is 25.7 Å². The lowest BCUT2D eigenvalue weighted by Gasteiger charge is -2.15. The maximum Gasteiger partial charge on any atom is 0.306 e. The van der Waals surface area contributed by atoms with Crippen LogP contribution in [0.2, 0.25) is 0 Å². The summed E-state index contributed by atoms with van der Waals surface area (Å²) in [7, 11) is 0. The van der Waals surface area contributed by atoms with Crippen molar-refractivity contribution in [2.45, 2.75) is 39.7 Å². The van der Waals surface area contributed by atoms with Gasteiger partial charge in [0.15, 0.2) is 0 Å². The first-order valence-corrected chi connectivity index (χ1v) is 4.41. The van der Waals surface area contributed by atoms with Crippen LogP contribution in [-0.4, -0.2) is 17.1 Å². The minimum Gasteiger partial charge on any atom is -0.481 e. The molecule has 0 amide bonds. The highest BCUT2D eigenvalue weighted by molar-refractivity contribution is 5.69. The summed E-state index contributed by atoms with van der Waals surface area (Å²) in [6, 6.07) is 0.168. The molecular formula is C9H19NO2. The van der Waals surface area contributed by atoms with E-state index < -0.39 is 5.97 Å². The average Bonchev–Trinajstić information content (AvgIpc) is 1.84. The molecule has 0 spiro atoms. The Morgan fingerprint density at radius 2 is 1.83 bits per heavy atom. The molecule has 0 radical (unpaired) electrons. The van der Waals surface area contributed by atoms with Gasteiger partial charge >= 0.3 is 5.97 Å².